The maximum Gasteiger partial charge on any atom is 0.0365 e. The molecule has 0 saturated carbocycles. The van der Waals surface area contributed by atoms with E-state index in [1.807, 2.05) is 66.7 Å². The van der Waals surface area contributed by atoms with Gasteiger partial charge >= 0.3 is 0 Å². The fourth-order valence-corrected chi connectivity index (χ4v) is 1.98. The van der Waals surface area contributed by atoms with Crippen molar-refractivity contribution in [2.75, 3.05) is 0 Å². The zero-order valence-electron chi connectivity index (χ0n) is 11.8. The Hall–Kier alpha value is -1.76. The predicted octanol–water partition coefficient (Wildman–Crippen LogP) is 4.14. The summed E-state index contributed by atoms with van der Waals surface area (Å²) in [5, 5.41) is 0. The van der Waals surface area contributed by atoms with E-state index in [9.17, 15) is 0 Å². The second kappa shape index (κ2) is 7.14. The number of pyridine rings is 1. The molecular weight excluding hydrogens is 422 g/mol. The van der Waals surface area contributed by atoms with Gasteiger partial charge in [0.1, 0.15) is 0 Å². The number of benzene rings is 2. The second-order valence-corrected chi connectivity index (χ2v) is 4.31. The molecule has 0 saturated heterocycles. The Kier molecular flexibility index (Phi) is 4.72. The zero-order valence-corrected chi connectivity index (χ0v) is 13.2. The average Bonchev–Trinajstić information content (AvgIpc) is 2.56. The van der Waals surface area contributed by atoms with Crippen molar-refractivity contribution in [1.29, 1.82) is 0 Å². The van der Waals surface area contributed by atoms with Gasteiger partial charge in [-0.2, -0.15) is 0 Å². The van der Waals surface area contributed by atoms with E-state index in [0.717, 1.165) is 22.4 Å². The summed E-state index contributed by atoms with van der Waals surface area (Å²) >= 11 is 0. The number of aromatic nitrogens is 1. The summed E-state index contributed by atoms with van der Waals surface area (Å²) < 4.78 is 8.38. The van der Waals surface area contributed by atoms with Crippen molar-refractivity contribution in [3.8, 4) is 11.3 Å². The van der Waals surface area contributed by atoms with Crippen LogP contribution in [0.25, 0.3) is 11.3 Å². The standard InChI is InChI=1S/C18H14N.Ir/c1-3-7-15(8-4-1)13-16-11-12-19-18(14-16)17-9-5-2-6-10-17;/h1-9,11-12,14H,13H2;/q-1;/i13D;. The van der Waals surface area contributed by atoms with E-state index in [-0.39, 0.29) is 26.5 Å². The molecule has 0 bridgehead atoms. The molecule has 101 valence electrons. The summed E-state index contributed by atoms with van der Waals surface area (Å²) in [7, 11) is 0. The van der Waals surface area contributed by atoms with Crippen molar-refractivity contribution in [2.45, 2.75) is 6.40 Å². The van der Waals surface area contributed by atoms with Gasteiger partial charge in [-0.25, -0.2) is 0 Å². The molecule has 3 aromatic rings. The Morgan fingerprint density at radius 1 is 0.950 bits per heavy atom. The first-order valence-corrected chi connectivity index (χ1v) is 6.25. The van der Waals surface area contributed by atoms with E-state index >= 15 is 0 Å². The quantitative estimate of drug-likeness (QED) is 0.562. The van der Waals surface area contributed by atoms with Crippen LogP contribution in [0.4, 0.5) is 0 Å². The summed E-state index contributed by atoms with van der Waals surface area (Å²) in [6.45, 7) is 0. The molecule has 0 fully saturated rings. The van der Waals surface area contributed by atoms with Crippen LogP contribution in [0, 0.1) is 6.07 Å². The SMILES string of the molecule is [2H]C(c1ccccc1)c1ccnc(-c2[c-]cccc2)c1.[Ir]. The summed E-state index contributed by atoms with van der Waals surface area (Å²) in [4.78, 5) is 4.37. The number of rotatable bonds is 3. The minimum absolute atomic E-state index is 0. The zero-order chi connectivity index (χ0) is 13.8. The fourth-order valence-electron chi connectivity index (χ4n) is 1.98. The van der Waals surface area contributed by atoms with Crippen LogP contribution in [0.15, 0.2) is 72.9 Å². The maximum absolute atomic E-state index is 8.38. The van der Waals surface area contributed by atoms with Gasteiger partial charge < -0.3 is 4.98 Å². The number of hydrogen-bond acceptors (Lipinski definition) is 1. The normalized spacial score (nSPS) is 12.1. The van der Waals surface area contributed by atoms with Crippen molar-refractivity contribution in [3.05, 3.63) is 90.1 Å². The minimum Gasteiger partial charge on any atom is -0.305 e. The molecule has 0 aliphatic rings. The smallest absolute Gasteiger partial charge is 0.0365 e. The van der Waals surface area contributed by atoms with Crippen LogP contribution in [0.3, 0.4) is 0 Å². The Bertz CT molecular complexity index is 686. The Morgan fingerprint density at radius 2 is 1.75 bits per heavy atom. The molecule has 1 unspecified atom stereocenters. The fraction of sp³-hybridized carbons (Fsp3) is 0.0556. The molecule has 1 nitrogen and oxygen atoms in total. The first-order valence-electron chi connectivity index (χ1n) is 6.82. The summed E-state index contributed by atoms with van der Waals surface area (Å²) in [5.74, 6) is 0. The van der Waals surface area contributed by atoms with Crippen LogP contribution in [-0.4, -0.2) is 4.98 Å². The van der Waals surface area contributed by atoms with Crippen molar-refractivity contribution in [2.24, 2.45) is 0 Å². The van der Waals surface area contributed by atoms with E-state index in [2.05, 4.69) is 11.1 Å². The number of nitrogens with zero attached hydrogens (tertiary/aromatic N) is 1. The molecule has 0 amide bonds. The van der Waals surface area contributed by atoms with Crippen molar-refractivity contribution >= 4 is 0 Å². The maximum atomic E-state index is 8.38. The summed E-state index contributed by atoms with van der Waals surface area (Å²) in [5.41, 5.74) is 3.74. The van der Waals surface area contributed by atoms with Gasteiger partial charge in [0.25, 0.3) is 0 Å². The third-order valence-electron chi connectivity index (χ3n) is 2.90. The molecule has 20 heavy (non-hydrogen) atoms. The van der Waals surface area contributed by atoms with Crippen LogP contribution in [0.5, 0.6) is 0 Å². The molecule has 1 heterocycles. The Balaban J connectivity index is 0.00000161. The van der Waals surface area contributed by atoms with E-state index < -0.39 is 0 Å². The van der Waals surface area contributed by atoms with Crippen LogP contribution < -0.4 is 0 Å². The van der Waals surface area contributed by atoms with Crippen LogP contribution in [-0.2, 0) is 26.5 Å². The molecule has 0 spiro atoms. The molecule has 1 atom stereocenters. The van der Waals surface area contributed by atoms with Crippen LogP contribution in [0.2, 0.25) is 0 Å². The van der Waals surface area contributed by atoms with Gasteiger partial charge in [0.15, 0.2) is 0 Å². The first-order chi connectivity index (χ1) is 9.84. The van der Waals surface area contributed by atoms with Gasteiger partial charge in [0.2, 0.25) is 0 Å². The molecule has 0 aliphatic carbocycles. The van der Waals surface area contributed by atoms with Gasteiger partial charge in [-0.15, -0.1) is 35.9 Å². The minimum atomic E-state index is -0.387. The Morgan fingerprint density at radius 3 is 2.50 bits per heavy atom. The average molecular weight is 438 g/mol. The van der Waals surface area contributed by atoms with Crippen LogP contribution >= 0.6 is 0 Å². The van der Waals surface area contributed by atoms with Crippen LogP contribution in [0.1, 0.15) is 12.5 Å². The third-order valence-corrected chi connectivity index (χ3v) is 2.90. The van der Waals surface area contributed by atoms with Gasteiger partial charge in [0, 0.05) is 27.7 Å². The van der Waals surface area contributed by atoms with E-state index in [1.165, 1.54) is 0 Å². The number of hydrogen-bond donors (Lipinski definition) is 0. The van der Waals surface area contributed by atoms with Gasteiger partial charge in [-0.05, 0) is 29.3 Å². The predicted molar refractivity (Wildman–Crippen MR) is 77.8 cm³/mol. The molecule has 2 heteroatoms. The monoisotopic (exact) mass is 438 g/mol. The van der Waals surface area contributed by atoms with E-state index in [1.54, 1.807) is 6.20 Å². The molecular formula is C18H14IrN-. The molecule has 3 rings (SSSR count). The largest absolute Gasteiger partial charge is 0.305 e. The first kappa shape index (κ1) is 13.2. The molecule has 2 aromatic carbocycles. The van der Waals surface area contributed by atoms with Crippen molar-refractivity contribution in [1.82, 2.24) is 4.98 Å². The Labute approximate surface area is 134 Å². The van der Waals surface area contributed by atoms with Gasteiger partial charge in [-0.1, -0.05) is 36.4 Å². The summed E-state index contributed by atoms with van der Waals surface area (Å²) in [6.07, 6.45) is 1.37. The van der Waals surface area contributed by atoms with Crippen molar-refractivity contribution < 1.29 is 21.5 Å². The topological polar surface area (TPSA) is 12.9 Å². The molecule has 0 aliphatic heterocycles. The molecule has 0 N–H and O–H groups in total. The van der Waals surface area contributed by atoms with Gasteiger partial charge in [-0.3, -0.25) is 0 Å². The third kappa shape index (κ3) is 3.63. The molecule has 1 radical (unpaired) electrons. The van der Waals surface area contributed by atoms with Crippen molar-refractivity contribution in [3.63, 3.8) is 0 Å². The van der Waals surface area contributed by atoms with E-state index in [0.29, 0.717) is 0 Å². The van der Waals surface area contributed by atoms with E-state index in [4.69, 9.17) is 1.37 Å². The van der Waals surface area contributed by atoms with Gasteiger partial charge in [0.05, 0.1) is 0 Å². The molecule has 1 aromatic heterocycles. The summed E-state index contributed by atoms with van der Waals surface area (Å²) in [6, 6.07) is 24.6. The second-order valence-electron chi connectivity index (χ2n) is 4.31.